The second kappa shape index (κ2) is 11.6. The fraction of sp³-hybridized carbons (Fsp3) is 0.353. The third-order valence-corrected chi connectivity index (χ3v) is 8.17. The summed E-state index contributed by atoms with van der Waals surface area (Å²) in [6.07, 6.45) is 9.50. The molecule has 2 aliphatic carbocycles. The number of nitrogens with one attached hydrogen (secondary N) is 1. The molecule has 0 aromatic heterocycles. The molecule has 1 aliphatic heterocycles. The first-order valence-corrected chi connectivity index (χ1v) is 14.1. The molecule has 1 radical (unpaired) electrons. The van der Waals surface area contributed by atoms with Crippen molar-refractivity contribution in [1.29, 1.82) is 0 Å². The number of rotatable bonds is 10. The molecule has 4 nitrogen and oxygen atoms in total. The van der Waals surface area contributed by atoms with Crippen LogP contribution in [0.25, 0.3) is 11.1 Å². The van der Waals surface area contributed by atoms with Crippen molar-refractivity contribution in [3.05, 3.63) is 106 Å². The highest BCUT2D eigenvalue weighted by atomic mass is 19.3. The minimum absolute atomic E-state index is 0. The Hall–Kier alpha value is -3.74. The van der Waals surface area contributed by atoms with Crippen LogP contribution >= 0.6 is 0 Å². The van der Waals surface area contributed by atoms with Gasteiger partial charge in [0, 0.05) is 44.7 Å². The molecule has 1 N–H and O–H groups in total. The van der Waals surface area contributed by atoms with Crippen molar-refractivity contribution >= 4 is 17.1 Å². The summed E-state index contributed by atoms with van der Waals surface area (Å²) in [5, 5.41) is 2.99. The standard InChI is InChI=1S/C34H35F3NO3.H2/c1-5-34(4,37)41-30-19-26(12-14-27(30)23-10-11-23)32-21(3)20(2)25(13-16-29(32)40-33(35)36)18-22-6-8-24(9-7-22)28-15-17-31(39)38-28;/h6-14,16,19,25,28,33H,5,15,17-18H2,1-4H3,(H,38,39);1H. The molecule has 7 heteroatoms. The first kappa shape index (κ1) is 28.8. The molecular formula is C34H37F3NO3. The minimum Gasteiger partial charge on any atom is -0.458 e. The van der Waals surface area contributed by atoms with Crippen LogP contribution in [0.4, 0.5) is 13.2 Å². The average Bonchev–Trinajstić information content (AvgIpc) is 3.70. The van der Waals surface area contributed by atoms with Crippen LogP contribution in [-0.4, -0.2) is 18.4 Å². The lowest BCUT2D eigenvalue weighted by Crippen LogP contribution is -2.25. The highest BCUT2D eigenvalue weighted by molar-refractivity contribution is 5.91. The SMILES string of the molecule is CCC(C)(F)Oc1cc(C2=C(OC(F)F)C=CC(Cc3ccc(C4CCC(=O)N4)cc3)C(C)=C2C)ccc1C1=C[CH]1.[HH]. The number of carbonyl (C=O) groups is 1. The number of hydrogen-bond donors (Lipinski definition) is 1. The van der Waals surface area contributed by atoms with Crippen LogP contribution < -0.4 is 10.1 Å². The molecule has 2 aromatic carbocycles. The van der Waals surface area contributed by atoms with E-state index in [4.69, 9.17) is 9.47 Å². The molecule has 3 atom stereocenters. The van der Waals surface area contributed by atoms with Crippen LogP contribution in [0, 0.1) is 12.3 Å². The van der Waals surface area contributed by atoms with E-state index in [1.807, 2.05) is 56.7 Å². The summed E-state index contributed by atoms with van der Waals surface area (Å²) in [6.45, 7) is 3.99. The largest absolute Gasteiger partial charge is 0.458 e. The predicted molar refractivity (Wildman–Crippen MR) is 157 cm³/mol. The Labute approximate surface area is 241 Å². The number of amides is 1. The second-order valence-electron chi connectivity index (χ2n) is 11.1. The lowest BCUT2D eigenvalue weighted by atomic mass is 9.87. The number of hydrogen-bond acceptors (Lipinski definition) is 3. The number of halogens is 3. The first-order chi connectivity index (χ1) is 19.5. The number of carbonyl (C=O) groups excluding carboxylic acids is 1. The minimum atomic E-state index is -3.01. The quantitative estimate of drug-likeness (QED) is 0.314. The van der Waals surface area contributed by atoms with Crippen LogP contribution in [0.3, 0.4) is 0 Å². The van der Waals surface area contributed by atoms with E-state index in [1.165, 1.54) is 6.92 Å². The van der Waals surface area contributed by atoms with Gasteiger partial charge in [0.05, 0.1) is 6.04 Å². The van der Waals surface area contributed by atoms with Gasteiger partial charge in [0.25, 0.3) is 0 Å². The zero-order valence-electron chi connectivity index (χ0n) is 23.8. The Morgan fingerprint density at radius 3 is 2.49 bits per heavy atom. The van der Waals surface area contributed by atoms with E-state index in [1.54, 1.807) is 19.1 Å². The third kappa shape index (κ3) is 6.61. The van der Waals surface area contributed by atoms with Crippen molar-refractivity contribution in [2.45, 2.75) is 71.9 Å². The zero-order valence-corrected chi connectivity index (χ0v) is 23.8. The molecule has 1 heterocycles. The van der Waals surface area contributed by atoms with Gasteiger partial charge in [-0.05, 0) is 66.7 Å². The molecule has 0 bridgehead atoms. The van der Waals surface area contributed by atoms with Crippen molar-refractivity contribution < 1.29 is 28.9 Å². The summed E-state index contributed by atoms with van der Waals surface area (Å²) in [5.74, 6) is -1.46. The van der Waals surface area contributed by atoms with Gasteiger partial charge in [-0.1, -0.05) is 61.0 Å². The lowest BCUT2D eigenvalue weighted by Gasteiger charge is -2.24. The maximum atomic E-state index is 15.0. The van der Waals surface area contributed by atoms with Crippen LogP contribution in [0.15, 0.2) is 77.6 Å². The Balaban J connectivity index is 0.00000405. The van der Waals surface area contributed by atoms with Crippen molar-refractivity contribution in [2.24, 2.45) is 5.92 Å². The number of ether oxygens (including phenoxy) is 2. The molecule has 1 saturated heterocycles. The highest BCUT2D eigenvalue weighted by Gasteiger charge is 2.28. The summed E-state index contributed by atoms with van der Waals surface area (Å²) < 4.78 is 53.0. The lowest BCUT2D eigenvalue weighted by molar-refractivity contribution is -0.119. The summed E-state index contributed by atoms with van der Waals surface area (Å²) in [4.78, 5) is 11.6. The van der Waals surface area contributed by atoms with E-state index in [0.29, 0.717) is 29.7 Å². The van der Waals surface area contributed by atoms with Gasteiger partial charge in [0.2, 0.25) is 11.8 Å². The monoisotopic (exact) mass is 564 g/mol. The van der Waals surface area contributed by atoms with Crippen molar-refractivity contribution in [3.8, 4) is 5.75 Å². The summed E-state index contributed by atoms with van der Waals surface area (Å²) >= 11 is 0. The topological polar surface area (TPSA) is 47.6 Å². The maximum Gasteiger partial charge on any atom is 0.387 e. The Bertz CT molecular complexity index is 1460. The summed E-state index contributed by atoms with van der Waals surface area (Å²) in [7, 11) is 0. The molecule has 1 amide bonds. The van der Waals surface area contributed by atoms with Crippen LogP contribution in [-0.2, 0) is 16.0 Å². The van der Waals surface area contributed by atoms with E-state index in [9.17, 15) is 18.0 Å². The normalized spacial score (nSPS) is 22.0. The maximum absolute atomic E-state index is 15.0. The number of alkyl halides is 3. The van der Waals surface area contributed by atoms with Crippen LogP contribution in [0.2, 0.25) is 0 Å². The molecule has 41 heavy (non-hydrogen) atoms. The second-order valence-corrected chi connectivity index (χ2v) is 11.1. The van der Waals surface area contributed by atoms with Gasteiger partial charge in [0.15, 0.2) is 0 Å². The first-order valence-electron chi connectivity index (χ1n) is 14.1. The number of benzene rings is 2. The smallest absolute Gasteiger partial charge is 0.387 e. The molecule has 217 valence electrons. The molecule has 3 aliphatic rings. The van der Waals surface area contributed by atoms with Crippen molar-refractivity contribution in [2.75, 3.05) is 0 Å². The van der Waals surface area contributed by atoms with E-state index in [-0.39, 0.29) is 31.5 Å². The van der Waals surface area contributed by atoms with E-state index in [0.717, 1.165) is 39.8 Å². The van der Waals surface area contributed by atoms with Gasteiger partial charge in [-0.15, -0.1) is 0 Å². The van der Waals surface area contributed by atoms with Crippen LogP contribution in [0.5, 0.6) is 5.75 Å². The molecular weight excluding hydrogens is 527 g/mol. The molecule has 2 aromatic rings. The van der Waals surface area contributed by atoms with Gasteiger partial charge in [0.1, 0.15) is 11.5 Å². The summed E-state index contributed by atoms with van der Waals surface area (Å²) in [5.41, 5.74) is 6.83. The Morgan fingerprint density at radius 2 is 1.88 bits per heavy atom. The fourth-order valence-corrected chi connectivity index (χ4v) is 5.39. The van der Waals surface area contributed by atoms with Crippen molar-refractivity contribution in [3.63, 3.8) is 0 Å². The fourth-order valence-electron chi connectivity index (χ4n) is 5.39. The van der Waals surface area contributed by atoms with Crippen LogP contribution in [0.1, 0.15) is 76.7 Å². The van der Waals surface area contributed by atoms with Gasteiger partial charge >= 0.3 is 6.61 Å². The summed E-state index contributed by atoms with van der Waals surface area (Å²) in [6, 6.07) is 13.6. The van der Waals surface area contributed by atoms with E-state index >= 15 is 0 Å². The highest BCUT2D eigenvalue weighted by Crippen LogP contribution is 2.43. The predicted octanol–water partition coefficient (Wildman–Crippen LogP) is 8.67. The average molecular weight is 565 g/mol. The third-order valence-electron chi connectivity index (χ3n) is 8.17. The Morgan fingerprint density at radius 1 is 1.15 bits per heavy atom. The van der Waals surface area contributed by atoms with Gasteiger partial charge in [-0.25, -0.2) is 0 Å². The van der Waals surface area contributed by atoms with E-state index in [2.05, 4.69) is 17.4 Å². The molecule has 0 spiro atoms. The number of allylic oxidation sites excluding steroid dienone is 7. The van der Waals surface area contributed by atoms with Gasteiger partial charge in [-0.3, -0.25) is 4.79 Å². The molecule has 1 fully saturated rings. The molecule has 3 unspecified atom stereocenters. The van der Waals surface area contributed by atoms with E-state index < -0.39 is 12.5 Å². The van der Waals surface area contributed by atoms with Crippen molar-refractivity contribution in [1.82, 2.24) is 5.32 Å². The van der Waals surface area contributed by atoms with Gasteiger partial charge in [-0.2, -0.15) is 13.2 Å². The zero-order chi connectivity index (χ0) is 29.3. The molecule has 0 saturated carbocycles. The van der Waals surface area contributed by atoms with Gasteiger partial charge < -0.3 is 14.8 Å². The molecule has 5 rings (SSSR count). The Kier molecular flexibility index (Phi) is 8.16.